The lowest BCUT2D eigenvalue weighted by Crippen LogP contribution is -2.37. The molecule has 6 heteroatoms. The van der Waals surface area contributed by atoms with Gasteiger partial charge in [-0.1, -0.05) is 0 Å². The van der Waals surface area contributed by atoms with Crippen LogP contribution in [-0.2, 0) is 0 Å². The van der Waals surface area contributed by atoms with E-state index < -0.39 is 5.60 Å². The molecule has 90 valence electrons. The average molecular weight is 245 g/mol. The molecule has 0 atom stereocenters. The van der Waals surface area contributed by atoms with Gasteiger partial charge in [-0.25, -0.2) is 4.98 Å². The fraction of sp³-hybridized carbons (Fsp3) is 0.600. The Hall–Kier alpha value is -1.07. The van der Waals surface area contributed by atoms with Crippen LogP contribution in [0, 0.1) is 6.92 Å². The molecule has 1 heterocycles. The number of hydrogen-bond acceptors (Lipinski definition) is 5. The minimum Gasteiger partial charge on any atom is -0.394 e. The van der Waals surface area contributed by atoms with Crippen LogP contribution in [0.5, 0.6) is 0 Å². The summed E-state index contributed by atoms with van der Waals surface area (Å²) < 4.78 is 0. The van der Waals surface area contributed by atoms with E-state index in [0.717, 1.165) is 0 Å². The van der Waals surface area contributed by atoms with E-state index in [2.05, 4.69) is 9.97 Å². The van der Waals surface area contributed by atoms with Gasteiger partial charge in [-0.3, -0.25) is 0 Å². The fourth-order valence-electron chi connectivity index (χ4n) is 1.48. The molecular formula is C10H17ClN4O. The Labute approximate surface area is 100 Å². The largest absolute Gasteiger partial charge is 0.394 e. The number of aliphatic hydroxyl groups is 1. The first-order chi connectivity index (χ1) is 7.20. The van der Waals surface area contributed by atoms with Crippen LogP contribution < -0.4 is 10.6 Å². The monoisotopic (exact) mass is 244 g/mol. The van der Waals surface area contributed by atoms with Crippen molar-refractivity contribution in [2.75, 3.05) is 24.2 Å². The van der Waals surface area contributed by atoms with Crippen molar-refractivity contribution in [3.05, 3.63) is 11.0 Å². The van der Waals surface area contributed by atoms with Crippen molar-refractivity contribution in [2.24, 2.45) is 0 Å². The Kier molecular flexibility index (Phi) is 3.60. The van der Waals surface area contributed by atoms with Crippen LogP contribution in [-0.4, -0.2) is 34.3 Å². The second-order valence-electron chi connectivity index (χ2n) is 4.48. The van der Waals surface area contributed by atoms with Gasteiger partial charge in [0.1, 0.15) is 0 Å². The molecule has 1 rings (SSSR count). The number of anilines is 2. The minimum absolute atomic E-state index is 0.157. The number of aromatic nitrogens is 2. The molecule has 0 amide bonds. The van der Waals surface area contributed by atoms with Crippen molar-refractivity contribution >= 4 is 23.1 Å². The van der Waals surface area contributed by atoms with E-state index in [4.69, 9.17) is 17.3 Å². The quantitative estimate of drug-likeness (QED) is 0.783. The number of hydrogen-bond donors (Lipinski definition) is 2. The molecule has 16 heavy (non-hydrogen) atoms. The summed E-state index contributed by atoms with van der Waals surface area (Å²) >= 11 is 5.77. The summed E-state index contributed by atoms with van der Waals surface area (Å²) in [7, 11) is 1.80. The van der Waals surface area contributed by atoms with Crippen LogP contribution in [0.2, 0.25) is 5.28 Å². The van der Waals surface area contributed by atoms with E-state index in [0.29, 0.717) is 23.7 Å². The zero-order valence-corrected chi connectivity index (χ0v) is 10.7. The first kappa shape index (κ1) is 13.0. The van der Waals surface area contributed by atoms with Gasteiger partial charge in [-0.05, 0) is 32.4 Å². The second-order valence-corrected chi connectivity index (χ2v) is 4.82. The van der Waals surface area contributed by atoms with Gasteiger partial charge in [-0.2, -0.15) is 4.98 Å². The lowest BCUT2D eigenvalue weighted by molar-refractivity contribution is 0.0885. The van der Waals surface area contributed by atoms with Crippen molar-refractivity contribution in [2.45, 2.75) is 26.4 Å². The number of halogens is 1. The summed E-state index contributed by atoms with van der Waals surface area (Å²) in [5, 5.41) is 9.88. The van der Waals surface area contributed by atoms with Crippen LogP contribution >= 0.6 is 11.6 Å². The van der Waals surface area contributed by atoms with Crippen molar-refractivity contribution in [3.8, 4) is 0 Å². The molecule has 0 bridgehead atoms. The van der Waals surface area contributed by atoms with Gasteiger partial charge >= 0.3 is 0 Å². The zero-order valence-electron chi connectivity index (χ0n) is 9.95. The number of likely N-dealkylation sites (N-methyl/N-ethyl adjacent to an activating group) is 1. The van der Waals surface area contributed by atoms with Gasteiger partial charge in [0.15, 0.2) is 5.82 Å². The molecule has 0 radical (unpaired) electrons. The summed E-state index contributed by atoms with van der Waals surface area (Å²) in [5.41, 5.74) is 6.16. The molecule has 1 aromatic heterocycles. The highest BCUT2D eigenvalue weighted by Gasteiger charge is 2.19. The lowest BCUT2D eigenvalue weighted by Gasteiger charge is -2.27. The van der Waals surface area contributed by atoms with E-state index in [1.807, 2.05) is 0 Å². The molecule has 0 unspecified atom stereocenters. The molecule has 0 aromatic carbocycles. The lowest BCUT2D eigenvalue weighted by atomic mass is 10.1. The topological polar surface area (TPSA) is 75.3 Å². The smallest absolute Gasteiger partial charge is 0.224 e. The summed E-state index contributed by atoms with van der Waals surface area (Å²) in [6.07, 6.45) is 0. The third-order valence-corrected chi connectivity index (χ3v) is 2.24. The Morgan fingerprint density at radius 2 is 2.00 bits per heavy atom. The summed E-state index contributed by atoms with van der Waals surface area (Å²) in [4.78, 5) is 9.77. The van der Waals surface area contributed by atoms with Crippen molar-refractivity contribution in [1.82, 2.24) is 9.97 Å². The van der Waals surface area contributed by atoms with Gasteiger partial charge < -0.3 is 15.7 Å². The molecule has 0 aliphatic heterocycles. The normalized spacial score (nSPS) is 11.6. The third kappa shape index (κ3) is 3.21. The minimum atomic E-state index is -0.827. The van der Waals surface area contributed by atoms with E-state index in [1.165, 1.54) is 0 Å². The van der Waals surface area contributed by atoms with Gasteiger partial charge in [-0.15, -0.1) is 0 Å². The zero-order chi connectivity index (χ0) is 12.5. The van der Waals surface area contributed by atoms with Crippen LogP contribution in [0.4, 0.5) is 11.5 Å². The van der Waals surface area contributed by atoms with Gasteiger partial charge in [0.25, 0.3) is 0 Å². The molecular weight excluding hydrogens is 228 g/mol. The van der Waals surface area contributed by atoms with Crippen LogP contribution in [0.1, 0.15) is 19.5 Å². The maximum Gasteiger partial charge on any atom is 0.224 e. The SMILES string of the molecule is Cc1nc(Cl)nc(N(C)CC(C)(C)O)c1N. The Balaban J connectivity index is 3.04. The molecule has 0 aliphatic carbocycles. The van der Waals surface area contributed by atoms with Gasteiger partial charge in [0.2, 0.25) is 5.28 Å². The van der Waals surface area contributed by atoms with Crippen molar-refractivity contribution in [1.29, 1.82) is 0 Å². The van der Waals surface area contributed by atoms with Gasteiger partial charge in [0, 0.05) is 13.6 Å². The van der Waals surface area contributed by atoms with E-state index >= 15 is 0 Å². The first-order valence-corrected chi connectivity index (χ1v) is 5.31. The summed E-state index contributed by atoms with van der Waals surface area (Å²) in [6, 6.07) is 0. The van der Waals surface area contributed by atoms with E-state index in [1.54, 1.807) is 32.7 Å². The molecule has 5 nitrogen and oxygen atoms in total. The molecule has 0 saturated heterocycles. The number of nitrogens with zero attached hydrogens (tertiary/aromatic N) is 3. The molecule has 0 aliphatic rings. The maximum atomic E-state index is 9.72. The first-order valence-electron chi connectivity index (χ1n) is 4.94. The molecule has 0 spiro atoms. The average Bonchev–Trinajstić information content (AvgIpc) is 2.08. The van der Waals surface area contributed by atoms with E-state index in [-0.39, 0.29) is 5.28 Å². The van der Waals surface area contributed by atoms with Crippen LogP contribution in [0.25, 0.3) is 0 Å². The van der Waals surface area contributed by atoms with E-state index in [9.17, 15) is 5.11 Å². The molecule has 0 fully saturated rings. The second kappa shape index (κ2) is 4.43. The number of nitrogen functional groups attached to an aromatic ring is 1. The molecule has 1 aromatic rings. The van der Waals surface area contributed by atoms with Crippen molar-refractivity contribution < 1.29 is 5.11 Å². The Morgan fingerprint density at radius 3 is 2.50 bits per heavy atom. The summed E-state index contributed by atoms with van der Waals surface area (Å²) in [6.45, 7) is 5.61. The Morgan fingerprint density at radius 1 is 1.44 bits per heavy atom. The Bertz CT molecular complexity index is 389. The molecule has 3 N–H and O–H groups in total. The van der Waals surface area contributed by atoms with Crippen molar-refractivity contribution in [3.63, 3.8) is 0 Å². The molecule has 0 saturated carbocycles. The highest BCUT2D eigenvalue weighted by Crippen LogP contribution is 2.24. The fourth-order valence-corrected chi connectivity index (χ4v) is 1.69. The third-order valence-electron chi connectivity index (χ3n) is 2.07. The number of nitrogens with two attached hydrogens (primary N) is 1. The predicted octanol–water partition coefficient (Wildman–Crippen LogP) is 1.23. The van der Waals surface area contributed by atoms with Crippen LogP contribution in [0.3, 0.4) is 0 Å². The van der Waals surface area contributed by atoms with Crippen LogP contribution in [0.15, 0.2) is 0 Å². The maximum absolute atomic E-state index is 9.72. The number of rotatable bonds is 3. The summed E-state index contributed by atoms with van der Waals surface area (Å²) in [5.74, 6) is 0.541. The van der Waals surface area contributed by atoms with Gasteiger partial charge in [0.05, 0.1) is 17.0 Å². The number of aryl methyl sites for hydroxylation is 1. The standard InChI is InChI=1S/C10H17ClN4O/c1-6-7(12)8(14-9(11)13-6)15(4)5-10(2,3)16/h16H,5,12H2,1-4H3. The highest BCUT2D eigenvalue weighted by atomic mass is 35.5. The predicted molar refractivity (Wildman–Crippen MR) is 65.8 cm³/mol. The highest BCUT2D eigenvalue weighted by molar-refractivity contribution is 6.28.